The molecule has 9 heteroatoms. The Bertz CT molecular complexity index is 1720. The van der Waals surface area contributed by atoms with Crippen molar-refractivity contribution in [2.75, 3.05) is 5.32 Å². The molecule has 2 bridgehead atoms. The van der Waals surface area contributed by atoms with Crippen LogP contribution in [0.5, 0.6) is 0 Å². The van der Waals surface area contributed by atoms with Crippen molar-refractivity contribution in [3.63, 3.8) is 0 Å². The normalized spacial score (nSPS) is 25.7. The Morgan fingerprint density at radius 1 is 0.814 bits per heavy atom. The first kappa shape index (κ1) is 28.6. The first-order valence-corrected chi connectivity index (χ1v) is 15.8. The van der Waals surface area contributed by atoms with Gasteiger partial charge in [-0.2, -0.15) is 0 Å². The summed E-state index contributed by atoms with van der Waals surface area (Å²) in [5.74, 6) is -3.54. The van der Waals surface area contributed by atoms with Crippen molar-refractivity contribution in [1.29, 1.82) is 0 Å². The Kier molecular flexibility index (Phi) is 6.78. The van der Waals surface area contributed by atoms with E-state index in [9.17, 15) is 14.4 Å². The maximum Gasteiger partial charge on any atom is 0.248 e. The third-order valence-electron chi connectivity index (χ3n) is 9.10. The summed E-state index contributed by atoms with van der Waals surface area (Å²) in [5.41, 5.74) is 4.75. The highest BCUT2D eigenvalue weighted by Crippen LogP contribution is 2.69. The van der Waals surface area contributed by atoms with E-state index in [0.717, 1.165) is 10.5 Å². The number of nitrogens with zero attached hydrogens (tertiary/aromatic N) is 1. The van der Waals surface area contributed by atoms with Crippen molar-refractivity contribution in [2.45, 2.75) is 29.1 Å². The number of amides is 3. The summed E-state index contributed by atoms with van der Waals surface area (Å²) in [6, 6.07) is 26.5. The summed E-state index contributed by atoms with van der Waals surface area (Å²) in [6.07, 6.45) is 0.109. The number of nitrogens with one attached hydrogen (secondary N) is 1. The predicted octanol–water partition coefficient (Wildman–Crippen LogP) is 7.55. The molecular weight excluding hydrogens is 671 g/mol. The molecule has 3 amide bonds. The van der Waals surface area contributed by atoms with E-state index in [0.29, 0.717) is 43.0 Å². The van der Waals surface area contributed by atoms with Crippen LogP contribution >= 0.6 is 50.7 Å². The molecule has 0 aromatic heterocycles. The average Bonchev–Trinajstić information content (AvgIpc) is 3.30. The van der Waals surface area contributed by atoms with E-state index in [4.69, 9.17) is 34.8 Å². The Morgan fingerprint density at radius 3 is 1.77 bits per heavy atom. The van der Waals surface area contributed by atoms with E-state index in [2.05, 4.69) is 21.2 Å². The van der Waals surface area contributed by atoms with Gasteiger partial charge in [0, 0.05) is 16.6 Å². The molecule has 4 aromatic carbocycles. The van der Waals surface area contributed by atoms with Gasteiger partial charge in [-0.1, -0.05) is 90.5 Å². The van der Waals surface area contributed by atoms with Crippen molar-refractivity contribution in [3.05, 3.63) is 134 Å². The average molecular weight is 695 g/mol. The van der Waals surface area contributed by atoms with Crippen molar-refractivity contribution in [2.24, 2.45) is 11.8 Å². The van der Waals surface area contributed by atoms with Gasteiger partial charge in [-0.15, -0.1) is 23.2 Å². The van der Waals surface area contributed by atoms with Gasteiger partial charge in [0.05, 0.1) is 16.9 Å². The minimum absolute atomic E-state index is 0.109. The number of carbonyl (C=O) groups is 3. The highest BCUT2D eigenvalue weighted by atomic mass is 79.9. The molecule has 5 nitrogen and oxygen atoms in total. The molecule has 4 aromatic rings. The molecule has 1 N–H and O–H groups in total. The van der Waals surface area contributed by atoms with Crippen molar-refractivity contribution < 1.29 is 14.4 Å². The quantitative estimate of drug-likeness (QED) is 0.173. The summed E-state index contributed by atoms with van der Waals surface area (Å²) in [5, 5.41) is 3.39. The zero-order valence-electron chi connectivity index (χ0n) is 22.8. The lowest BCUT2D eigenvalue weighted by molar-refractivity contribution is -0.146. The summed E-state index contributed by atoms with van der Waals surface area (Å²) < 4.78 is 0.689. The van der Waals surface area contributed by atoms with Gasteiger partial charge in [-0.3, -0.25) is 19.3 Å². The highest BCUT2D eigenvalue weighted by Gasteiger charge is 2.73. The van der Waals surface area contributed by atoms with Gasteiger partial charge in [0.1, 0.15) is 15.8 Å². The van der Waals surface area contributed by atoms with Crippen LogP contribution in [0.15, 0.2) is 95.5 Å². The zero-order valence-corrected chi connectivity index (χ0v) is 26.6. The van der Waals surface area contributed by atoms with Gasteiger partial charge >= 0.3 is 0 Å². The fourth-order valence-electron chi connectivity index (χ4n) is 7.14. The van der Waals surface area contributed by atoms with E-state index in [1.54, 1.807) is 19.1 Å². The first-order valence-electron chi connectivity index (χ1n) is 13.8. The standard InChI is InChI=1S/C34H24BrCl3N2O3/c1-18-25(16-15-24(35)29(18)36)39-30(41)26(17-19-9-3-2-4-10-19)40-31(42)27-28(32(40)43)34(38)21-12-6-5-11-20(21)33(27,37)22-13-7-8-14-23(22)34/h2-16,26-28H,17H2,1H3,(H,39,41)/t26-,27+,28+,33?,34?/m0/s1. The van der Waals surface area contributed by atoms with Crippen LogP contribution in [-0.2, 0) is 30.6 Å². The largest absolute Gasteiger partial charge is 0.324 e. The van der Waals surface area contributed by atoms with Gasteiger partial charge in [0.25, 0.3) is 0 Å². The van der Waals surface area contributed by atoms with Gasteiger partial charge in [0.15, 0.2) is 0 Å². The lowest BCUT2D eigenvalue weighted by Crippen LogP contribution is -2.57. The lowest BCUT2D eigenvalue weighted by Gasteiger charge is -2.54. The summed E-state index contributed by atoms with van der Waals surface area (Å²) in [6.45, 7) is 1.79. The molecule has 3 atom stereocenters. The van der Waals surface area contributed by atoms with Gasteiger partial charge in [-0.05, 0) is 68.4 Å². The number of halogens is 4. The molecule has 43 heavy (non-hydrogen) atoms. The predicted molar refractivity (Wildman–Crippen MR) is 171 cm³/mol. The van der Waals surface area contributed by atoms with Crippen LogP contribution in [0, 0.1) is 18.8 Å². The smallest absolute Gasteiger partial charge is 0.248 e. The number of anilines is 1. The Morgan fingerprint density at radius 2 is 1.28 bits per heavy atom. The highest BCUT2D eigenvalue weighted by molar-refractivity contribution is 9.10. The van der Waals surface area contributed by atoms with Crippen molar-refractivity contribution in [1.82, 2.24) is 4.90 Å². The van der Waals surface area contributed by atoms with Gasteiger partial charge < -0.3 is 5.32 Å². The number of carbonyl (C=O) groups excluding carboxylic acids is 3. The topological polar surface area (TPSA) is 66.5 Å². The van der Waals surface area contributed by atoms with E-state index in [-0.39, 0.29) is 6.42 Å². The van der Waals surface area contributed by atoms with Crippen LogP contribution in [0.1, 0.15) is 33.4 Å². The Balaban J connectivity index is 1.36. The van der Waals surface area contributed by atoms with Gasteiger partial charge in [0.2, 0.25) is 17.7 Å². The van der Waals surface area contributed by atoms with E-state index < -0.39 is 45.3 Å². The third-order valence-corrected chi connectivity index (χ3v) is 11.8. The Labute approximate surface area is 272 Å². The fraction of sp³-hybridized carbons (Fsp3) is 0.206. The number of benzene rings is 4. The first-order chi connectivity index (χ1) is 20.6. The monoisotopic (exact) mass is 692 g/mol. The number of hydrogen-bond donors (Lipinski definition) is 1. The van der Waals surface area contributed by atoms with Crippen LogP contribution < -0.4 is 5.32 Å². The van der Waals surface area contributed by atoms with Gasteiger partial charge in [-0.25, -0.2) is 0 Å². The number of imide groups is 1. The number of likely N-dealkylation sites (tertiary alicyclic amines) is 1. The molecule has 0 saturated carbocycles. The molecule has 1 fully saturated rings. The summed E-state index contributed by atoms with van der Waals surface area (Å²) >= 11 is 25.0. The maximum absolute atomic E-state index is 14.6. The second-order valence-electron chi connectivity index (χ2n) is 11.2. The number of rotatable bonds is 5. The lowest BCUT2D eigenvalue weighted by atomic mass is 9.54. The molecule has 8 rings (SSSR count). The van der Waals surface area contributed by atoms with Crippen LogP contribution in [0.2, 0.25) is 5.02 Å². The van der Waals surface area contributed by atoms with E-state index in [1.807, 2.05) is 78.9 Å². The molecule has 0 radical (unpaired) electrons. The number of hydrogen-bond acceptors (Lipinski definition) is 3. The molecule has 1 saturated heterocycles. The second-order valence-corrected chi connectivity index (χ2v) is 13.7. The summed E-state index contributed by atoms with van der Waals surface area (Å²) in [4.78, 5) is 41.8. The maximum atomic E-state index is 14.6. The van der Waals surface area contributed by atoms with Crippen molar-refractivity contribution in [3.8, 4) is 0 Å². The molecule has 1 heterocycles. The zero-order chi connectivity index (χ0) is 30.3. The molecule has 1 aliphatic heterocycles. The number of alkyl halides is 2. The Hall–Kier alpha value is -3.16. The molecule has 0 spiro atoms. The van der Waals surface area contributed by atoms with Crippen LogP contribution in [0.4, 0.5) is 5.69 Å². The molecule has 3 aliphatic carbocycles. The molecular formula is C34H24BrCl3N2O3. The molecule has 0 unspecified atom stereocenters. The molecule has 216 valence electrons. The second kappa shape index (κ2) is 10.2. The SMILES string of the molecule is Cc1c(NC(=O)[C@H](Cc2ccccc2)N2C(=O)[C@H]3[C@H](C2=O)C2(Cl)c4ccccc4C3(Cl)c3ccccc32)ccc(Br)c1Cl. The third kappa shape index (κ3) is 3.93. The summed E-state index contributed by atoms with van der Waals surface area (Å²) in [7, 11) is 0. The van der Waals surface area contributed by atoms with E-state index >= 15 is 0 Å². The van der Waals surface area contributed by atoms with Crippen LogP contribution in [-0.4, -0.2) is 28.7 Å². The minimum atomic E-state index is -1.33. The van der Waals surface area contributed by atoms with Crippen LogP contribution in [0.25, 0.3) is 0 Å². The van der Waals surface area contributed by atoms with Crippen LogP contribution in [0.3, 0.4) is 0 Å². The minimum Gasteiger partial charge on any atom is -0.324 e. The van der Waals surface area contributed by atoms with E-state index in [1.165, 1.54) is 0 Å². The van der Waals surface area contributed by atoms with Crippen molar-refractivity contribution >= 4 is 74.1 Å². The fourth-order valence-corrected chi connectivity index (χ4v) is 8.83. The molecule has 4 aliphatic rings.